The Bertz CT molecular complexity index is 823. The number of methoxy groups -OCH3 is 1. The summed E-state index contributed by atoms with van der Waals surface area (Å²) in [6.45, 7) is 1.80. The van der Waals surface area contributed by atoms with Crippen LogP contribution in [-0.2, 0) is 0 Å². The molecule has 2 aromatic rings. The van der Waals surface area contributed by atoms with Crippen molar-refractivity contribution in [2.24, 2.45) is 10.7 Å². The quantitative estimate of drug-likeness (QED) is 0.589. The Balaban J connectivity index is 1.71. The Morgan fingerprint density at radius 3 is 2.68 bits per heavy atom. The highest BCUT2D eigenvalue weighted by molar-refractivity contribution is 5.92. The minimum absolute atomic E-state index is 0.0419. The molecule has 1 aliphatic rings. The topological polar surface area (TPSA) is 81.3 Å². The molecular weight excluding hydrogens is 356 g/mol. The molecule has 0 aliphatic carbocycles. The molecule has 2 aromatic carbocycles. The number of guanidine groups is 1. The second kappa shape index (κ2) is 9.32. The molecule has 0 amide bonds. The maximum atomic E-state index is 6.13. The summed E-state index contributed by atoms with van der Waals surface area (Å²) in [4.78, 5) is 6.64. The first-order chi connectivity index (χ1) is 13.6. The molecule has 1 aliphatic heterocycles. The van der Waals surface area contributed by atoms with Gasteiger partial charge >= 0.3 is 0 Å². The summed E-state index contributed by atoms with van der Waals surface area (Å²) < 4.78 is 16.9. The largest absolute Gasteiger partial charge is 0.496 e. The van der Waals surface area contributed by atoms with E-state index >= 15 is 0 Å². The fraction of sp³-hybridized carbons (Fsp3) is 0.381. The zero-order chi connectivity index (χ0) is 19.9. The number of nitrogens with two attached hydrogens (primary N) is 1. The highest BCUT2D eigenvalue weighted by Gasteiger charge is 2.18. The van der Waals surface area contributed by atoms with E-state index in [9.17, 15) is 0 Å². The lowest BCUT2D eigenvalue weighted by molar-refractivity contribution is 0.295. The van der Waals surface area contributed by atoms with Crippen molar-refractivity contribution in [1.82, 2.24) is 4.90 Å². The summed E-state index contributed by atoms with van der Waals surface area (Å²) in [6, 6.07) is 13.7. The predicted octanol–water partition coefficient (Wildman–Crippen LogP) is 2.89. The van der Waals surface area contributed by atoms with Gasteiger partial charge in [-0.1, -0.05) is 18.2 Å². The van der Waals surface area contributed by atoms with Crippen LogP contribution in [0.1, 0.15) is 18.0 Å². The van der Waals surface area contributed by atoms with E-state index in [2.05, 4.69) is 15.2 Å². The van der Waals surface area contributed by atoms with Gasteiger partial charge in [0.05, 0.1) is 32.9 Å². The van der Waals surface area contributed by atoms with Gasteiger partial charge < -0.3 is 30.2 Å². The van der Waals surface area contributed by atoms with E-state index in [1.807, 2.05) is 56.6 Å². The lowest BCUT2D eigenvalue weighted by atomic mass is 10.0. The number of para-hydroxylation sites is 1. The number of anilines is 1. The molecule has 1 unspecified atom stereocenters. The van der Waals surface area contributed by atoms with E-state index in [-0.39, 0.29) is 6.04 Å². The number of fused-ring (bicyclic) bond motifs is 1. The maximum absolute atomic E-state index is 6.13. The fourth-order valence-electron chi connectivity index (χ4n) is 3.09. The number of nitrogens with one attached hydrogen (secondary N) is 1. The van der Waals surface area contributed by atoms with Crippen LogP contribution >= 0.6 is 0 Å². The molecule has 0 saturated heterocycles. The minimum atomic E-state index is 0.0419. The molecule has 0 aromatic heterocycles. The van der Waals surface area contributed by atoms with Crippen LogP contribution < -0.4 is 25.3 Å². The molecule has 150 valence electrons. The Kier molecular flexibility index (Phi) is 6.60. The maximum Gasteiger partial charge on any atom is 0.193 e. The van der Waals surface area contributed by atoms with Gasteiger partial charge in [0.25, 0.3) is 0 Å². The fourth-order valence-corrected chi connectivity index (χ4v) is 3.09. The van der Waals surface area contributed by atoms with Gasteiger partial charge in [-0.25, -0.2) is 0 Å². The SMILES string of the molecule is COc1ccccc1C(CN=C(N)Nc1ccc2c(c1)OCCCO2)N(C)C. The second-order valence-corrected chi connectivity index (χ2v) is 6.78. The number of hydrogen-bond donors (Lipinski definition) is 2. The van der Waals surface area contributed by atoms with Gasteiger partial charge in [-0.05, 0) is 32.3 Å². The first-order valence-electron chi connectivity index (χ1n) is 9.34. The molecule has 0 saturated carbocycles. The number of aliphatic imine (C=N–C) groups is 1. The molecule has 1 atom stereocenters. The van der Waals surface area contributed by atoms with Crippen LogP contribution in [0.5, 0.6) is 17.2 Å². The summed E-state index contributed by atoms with van der Waals surface area (Å²) in [5.74, 6) is 2.65. The first kappa shape index (κ1) is 19.8. The summed E-state index contributed by atoms with van der Waals surface area (Å²) in [7, 11) is 5.70. The summed E-state index contributed by atoms with van der Waals surface area (Å²) >= 11 is 0. The molecule has 28 heavy (non-hydrogen) atoms. The van der Waals surface area contributed by atoms with Gasteiger partial charge in [0.1, 0.15) is 5.75 Å². The van der Waals surface area contributed by atoms with Crippen LogP contribution in [0.2, 0.25) is 0 Å². The van der Waals surface area contributed by atoms with Crippen LogP contribution in [0, 0.1) is 0 Å². The molecule has 0 bridgehead atoms. The van der Waals surface area contributed by atoms with Crippen LogP contribution in [0.15, 0.2) is 47.5 Å². The van der Waals surface area contributed by atoms with Gasteiger partial charge in [0.2, 0.25) is 0 Å². The smallest absolute Gasteiger partial charge is 0.193 e. The summed E-state index contributed by atoms with van der Waals surface area (Å²) in [6.07, 6.45) is 0.871. The number of benzene rings is 2. The Morgan fingerprint density at radius 2 is 1.93 bits per heavy atom. The third-order valence-corrected chi connectivity index (χ3v) is 4.58. The van der Waals surface area contributed by atoms with Gasteiger partial charge in [-0.3, -0.25) is 4.99 Å². The van der Waals surface area contributed by atoms with Crippen molar-refractivity contribution in [3.63, 3.8) is 0 Å². The van der Waals surface area contributed by atoms with E-state index in [4.69, 9.17) is 19.9 Å². The van der Waals surface area contributed by atoms with E-state index in [0.29, 0.717) is 25.7 Å². The van der Waals surface area contributed by atoms with Crippen molar-refractivity contribution in [2.45, 2.75) is 12.5 Å². The van der Waals surface area contributed by atoms with Crippen molar-refractivity contribution < 1.29 is 14.2 Å². The molecule has 0 radical (unpaired) electrons. The monoisotopic (exact) mass is 384 g/mol. The molecular formula is C21H28N4O3. The Labute approximate surface area is 166 Å². The van der Waals surface area contributed by atoms with Crippen LogP contribution in [0.4, 0.5) is 5.69 Å². The predicted molar refractivity (Wildman–Crippen MR) is 112 cm³/mol. The zero-order valence-corrected chi connectivity index (χ0v) is 16.6. The summed E-state index contributed by atoms with van der Waals surface area (Å²) in [5, 5.41) is 3.13. The third kappa shape index (κ3) is 4.86. The normalized spacial score (nSPS) is 15.1. The lowest BCUT2D eigenvalue weighted by Gasteiger charge is -2.25. The molecule has 7 heteroatoms. The average molecular weight is 384 g/mol. The van der Waals surface area contributed by atoms with Crippen LogP contribution in [-0.4, -0.2) is 51.8 Å². The number of rotatable bonds is 6. The van der Waals surface area contributed by atoms with Crippen molar-refractivity contribution in [3.05, 3.63) is 48.0 Å². The minimum Gasteiger partial charge on any atom is -0.496 e. The van der Waals surface area contributed by atoms with Crippen LogP contribution in [0.3, 0.4) is 0 Å². The highest BCUT2D eigenvalue weighted by atomic mass is 16.5. The molecule has 0 fully saturated rings. The molecule has 0 spiro atoms. The van der Waals surface area contributed by atoms with Crippen molar-refractivity contribution in [2.75, 3.05) is 46.3 Å². The Hall–Kier alpha value is -2.93. The van der Waals surface area contributed by atoms with E-state index in [1.54, 1.807) is 7.11 Å². The van der Waals surface area contributed by atoms with Crippen molar-refractivity contribution in [1.29, 1.82) is 0 Å². The Morgan fingerprint density at radius 1 is 1.18 bits per heavy atom. The molecule has 1 heterocycles. The lowest BCUT2D eigenvalue weighted by Crippen LogP contribution is -2.27. The van der Waals surface area contributed by atoms with E-state index in [0.717, 1.165) is 34.9 Å². The highest BCUT2D eigenvalue weighted by Crippen LogP contribution is 2.32. The average Bonchev–Trinajstić information content (AvgIpc) is 2.93. The molecule has 7 nitrogen and oxygen atoms in total. The van der Waals surface area contributed by atoms with Crippen molar-refractivity contribution >= 4 is 11.6 Å². The third-order valence-electron chi connectivity index (χ3n) is 4.58. The van der Waals surface area contributed by atoms with Crippen LogP contribution in [0.25, 0.3) is 0 Å². The second-order valence-electron chi connectivity index (χ2n) is 6.78. The van der Waals surface area contributed by atoms with Gasteiger partial charge in [-0.2, -0.15) is 0 Å². The zero-order valence-electron chi connectivity index (χ0n) is 16.6. The molecule has 3 rings (SSSR count). The molecule has 3 N–H and O–H groups in total. The van der Waals surface area contributed by atoms with E-state index < -0.39 is 0 Å². The van der Waals surface area contributed by atoms with Crippen molar-refractivity contribution in [3.8, 4) is 17.2 Å². The standard InChI is InChI=1S/C21H28N4O3/c1-25(2)17(16-7-4-5-8-18(16)26-3)14-23-21(22)24-15-9-10-19-20(13-15)28-12-6-11-27-19/h4-5,7-10,13,17H,6,11-12,14H2,1-3H3,(H3,22,23,24). The number of ether oxygens (including phenoxy) is 3. The van der Waals surface area contributed by atoms with Gasteiger partial charge in [0, 0.05) is 23.7 Å². The number of hydrogen-bond acceptors (Lipinski definition) is 5. The number of likely N-dealkylation sites (N-methyl/N-ethyl adjacent to an activating group) is 1. The summed E-state index contributed by atoms with van der Waals surface area (Å²) in [5.41, 5.74) is 8.01. The van der Waals surface area contributed by atoms with Gasteiger partial charge in [0.15, 0.2) is 17.5 Å². The van der Waals surface area contributed by atoms with Gasteiger partial charge in [-0.15, -0.1) is 0 Å². The first-order valence-corrected chi connectivity index (χ1v) is 9.34. The van der Waals surface area contributed by atoms with E-state index in [1.165, 1.54) is 0 Å². The number of nitrogens with zero attached hydrogens (tertiary/aromatic N) is 2.